The van der Waals surface area contributed by atoms with E-state index in [1.165, 1.54) is 0 Å². The molecule has 1 aromatic heterocycles. The number of anilines is 1. The van der Waals surface area contributed by atoms with Crippen LogP contribution in [0, 0.1) is 0 Å². The molecule has 18 heavy (non-hydrogen) atoms. The summed E-state index contributed by atoms with van der Waals surface area (Å²) >= 11 is 0. The van der Waals surface area contributed by atoms with Crippen LogP contribution in [-0.2, 0) is 0 Å². The number of hydrogen-bond donors (Lipinski definition) is 1. The predicted molar refractivity (Wildman–Crippen MR) is 84.8 cm³/mol. The number of carbonyl (C=O) groups excluding carboxylic acids is 1. The number of fused-ring (bicyclic) bond motifs is 1. The van der Waals surface area contributed by atoms with Crippen molar-refractivity contribution < 1.29 is 4.79 Å². The standard InChI is InChI=1S/C8H17N5OP4/c1-2-4-12-5-3-9-7-6(8(12)14)13(11-10-7)18(16)17-15/h9,17H,2-5,15-16H2,1H3. The number of nitrogens with zero attached hydrogens (tertiary/aromatic N) is 4. The van der Waals surface area contributed by atoms with Gasteiger partial charge in [0.25, 0.3) is 5.91 Å². The SMILES string of the molecule is CCCN1CCNc2nnn(P(P)PP)c2C1=O. The number of carbonyl (C=O) groups is 1. The molecule has 0 saturated carbocycles. The molecule has 6 nitrogen and oxygen atoms in total. The van der Waals surface area contributed by atoms with Crippen molar-refractivity contribution in [3.05, 3.63) is 5.69 Å². The summed E-state index contributed by atoms with van der Waals surface area (Å²) in [5.41, 5.74) is 0.608. The van der Waals surface area contributed by atoms with Crippen LogP contribution >= 0.6 is 33.3 Å². The Balaban J connectivity index is 2.36. The summed E-state index contributed by atoms with van der Waals surface area (Å²) in [4.78, 5) is 14.4. The molecule has 0 saturated heterocycles. The maximum atomic E-state index is 12.5. The molecule has 4 unspecified atom stereocenters. The zero-order valence-corrected chi connectivity index (χ0v) is 14.3. The Kier molecular flexibility index (Phi) is 5.27. The van der Waals surface area contributed by atoms with Gasteiger partial charge in [-0.2, -0.15) is 0 Å². The zero-order chi connectivity index (χ0) is 13.1. The molecular formula is C8H17N5OP4. The fraction of sp³-hybridized carbons (Fsp3) is 0.625. The third kappa shape index (κ3) is 2.83. The number of amides is 1. The quantitative estimate of drug-likeness (QED) is 0.861. The maximum Gasteiger partial charge on any atom is 0.276 e. The molecule has 0 spiro atoms. The van der Waals surface area contributed by atoms with Crippen molar-refractivity contribution in [2.24, 2.45) is 0 Å². The van der Waals surface area contributed by atoms with Gasteiger partial charge in [-0.3, -0.25) is 4.79 Å². The van der Waals surface area contributed by atoms with Crippen LogP contribution in [-0.4, -0.2) is 45.2 Å². The minimum atomic E-state index is -0.555. The van der Waals surface area contributed by atoms with E-state index in [1.807, 2.05) is 4.90 Å². The third-order valence-electron chi connectivity index (χ3n) is 2.65. The van der Waals surface area contributed by atoms with E-state index in [2.05, 4.69) is 40.4 Å². The summed E-state index contributed by atoms with van der Waals surface area (Å²) in [5, 5.41) is 11.4. The second-order valence-electron chi connectivity index (χ2n) is 3.87. The Bertz CT molecular complexity index is 439. The lowest BCUT2D eigenvalue weighted by Crippen LogP contribution is -2.34. The van der Waals surface area contributed by atoms with E-state index in [9.17, 15) is 4.79 Å². The van der Waals surface area contributed by atoms with Gasteiger partial charge in [0, 0.05) is 19.6 Å². The van der Waals surface area contributed by atoms with Crippen molar-refractivity contribution in [1.29, 1.82) is 0 Å². The molecule has 1 amide bonds. The molecule has 4 atom stereocenters. The molecule has 1 N–H and O–H groups in total. The topological polar surface area (TPSA) is 63.0 Å². The van der Waals surface area contributed by atoms with Crippen molar-refractivity contribution in [3.8, 4) is 0 Å². The van der Waals surface area contributed by atoms with Crippen molar-refractivity contribution in [1.82, 2.24) is 19.7 Å². The molecule has 2 rings (SSSR count). The molecule has 2 heterocycles. The lowest BCUT2D eigenvalue weighted by Gasteiger charge is -2.20. The van der Waals surface area contributed by atoms with Crippen LogP contribution in [0.25, 0.3) is 0 Å². The normalized spacial score (nSPS) is 17.7. The van der Waals surface area contributed by atoms with E-state index in [-0.39, 0.29) is 5.91 Å². The van der Waals surface area contributed by atoms with Gasteiger partial charge in [0.1, 0.15) is 0 Å². The van der Waals surface area contributed by atoms with Crippen LogP contribution in [0.4, 0.5) is 5.82 Å². The highest BCUT2D eigenvalue weighted by Gasteiger charge is 2.29. The van der Waals surface area contributed by atoms with Gasteiger partial charge in [-0.1, -0.05) is 21.1 Å². The smallest absolute Gasteiger partial charge is 0.276 e. The van der Waals surface area contributed by atoms with Crippen LogP contribution in [0.2, 0.25) is 0 Å². The summed E-state index contributed by atoms with van der Waals surface area (Å²) in [7, 11) is 5.55. The molecule has 0 aliphatic carbocycles. The largest absolute Gasteiger partial charge is 0.365 e. The second kappa shape index (κ2) is 6.53. The molecule has 0 fully saturated rings. The van der Waals surface area contributed by atoms with Crippen molar-refractivity contribution >= 4 is 45.0 Å². The number of nitrogens with one attached hydrogen (secondary N) is 1. The lowest BCUT2D eigenvalue weighted by molar-refractivity contribution is 0.0760. The highest BCUT2D eigenvalue weighted by Crippen LogP contribution is 2.66. The second-order valence-corrected chi connectivity index (χ2v) is 12.7. The van der Waals surface area contributed by atoms with Gasteiger partial charge in [-0.15, -0.1) is 14.0 Å². The Morgan fingerprint density at radius 2 is 2.39 bits per heavy atom. The van der Waals surface area contributed by atoms with E-state index in [0.717, 1.165) is 26.1 Å². The minimum Gasteiger partial charge on any atom is -0.365 e. The van der Waals surface area contributed by atoms with Gasteiger partial charge in [-0.05, 0) is 14.4 Å². The summed E-state index contributed by atoms with van der Waals surface area (Å²) in [6.45, 7) is 4.31. The highest BCUT2D eigenvalue weighted by molar-refractivity contribution is 8.60. The molecule has 10 heteroatoms. The Morgan fingerprint density at radius 1 is 1.61 bits per heavy atom. The van der Waals surface area contributed by atoms with Crippen molar-refractivity contribution in [2.45, 2.75) is 13.3 Å². The van der Waals surface area contributed by atoms with Crippen molar-refractivity contribution in [3.63, 3.8) is 0 Å². The number of aromatic nitrogens is 3. The summed E-state index contributed by atoms with van der Waals surface area (Å²) in [6, 6.07) is 0. The molecule has 0 radical (unpaired) electrons. The van der Waals surface area contributed by atoms with E-state index in [4.69, 9.17) is 0 Å². The maximum absolute atomic E-state index is 12.5. The summed E-state index contributed by atoms with van der Waals surface area (Å²) in [6.07, 6.45) is 0.962. The number of rotatable bonds is 4. The molecule has 1 aromatic rings. The monoisotopic (exact) mass is 323 g/mol. The van der Waals surface area contributed by atoms with Gasteiger partial charge in [0.05, 0.1) is 7.45 Å². The molecular weight excluding hydrogens is 306 g/mol. The van der Waals surface area contributed by atoms with Crippen LogP contribution in [0.5, 0.6) is 0 Å². The third-order valence-corrected chi connectivity index (χ3v) is 12.0. The van der Waals surface area contributed by atoms with Gasteiger partial charge >= 0.3 is 0 Å². The average Bonchev–Trinajstić information content (AvgIpc) is 2.73. The first-order valence-corrected chi connectivity index (χ1v) is 12.3. The Hall–Kier alpha value is 0.130. The lowest BCUT2D eigenvalue weighted by atomic mass is 10.3. The van der Waals surface area contributed by atoms with Crippen LogP contribution in [0.3, 0.4) is 0 Å². The van der Waals surface area contributed by atoms with Crippen molar-refractivity contribution in [2.75, 3.05) is 25.0 Å². The van der Waals surface area contributed by atoms with Gasteiger partial charge in [-0.25, -0.2) is 4.45 Å². The summed E-state index contributed by atoms with van der Waals surface area (Å²) < 4.78 is 1.77. The van der Waals surface area contributed by atoms with Crippen LogP contribution in [0.15, 0.2) is 0 Å². The Morgan fingerprint density at radius 3 is 3.06 bits per heavy atom. The van der Waals surface area contributed by atoms with E-state index < -0.39 is 7.45 Å². The molecule has 0 bridgehead atoms. The van der Waals surface area contributed by atoms with Gasteiger partial charge < -0.3 is 10.2 Å². The molecule has 0 aromatic carbocycles. The zero-order valence-electron chi connectivity index (χ0n) is 10.1. The fourth-order valence-corrected chi connectivity index (χ4v) is 4.68. The van der Waals surface area contributed by atoms with Crippen LogP contribution < -0.4 is 5.32 Å². The number of hydrogen-bond acceptors (Lipinski definition) is 4. The Labute approximate surface area is 114 Å². The fourth-order valence-electron chi connectivity index (χ4n) is 1.83. The first-order chi connectivity index (χ1) is 8.69. The average molecular weight is 323 g/mol. The van der Waals surface area contributed by atoms with Gasteiger partial charge in [0.2, 0.25) is 0 Å². The van der Waals surface area contributed by atoms with E-state index in [1.54, 1.807) is 4.45 Å². The molecule has 1 aliphatic heterocycles. The van der Waals surface area contributed by atoms with Gasteiger partial charge in [0.15, 0.2) is 11.5 Å². The van der Waals surface area contributed by atoms with E-state index in [0.29, 0.717) is 19.5 Å². The minimum absolute atomic E-state index is 0.0417. The van der Waals surface area contributed by atoms with Crippen LogP contribution in [0.1, 0.15) is 23.8 Å². The highest BCUT2D eigenvalue weighted by atomic mass is 32.6. The predicted octanol–water partition coefficient (Wildman–Crippen LogP) is 1.97. The van der Waals surface area contributed by atoms with E-state index >= 15 is 0 Å². The molecule has 1 aliphatic rings. The first-order valence-electron chi connectivity index (χ1n) is 5.69. The summed E-state index contributed by atoms with van der Waals surface area (Å²) in [5.74, 6) is 0.664. The molecule has 100 valence electrons. The first kappa shape index (κ1) is 14.5.